The number of piperidine rings is 1. The standard InChI is InChI=1S/C14H19NO/c1-14-5-6-15(2)11(9-14)7-10-3-4-12(16)8-13(10)14/h3-4,8,11,16H,5-7,9H2,1-2H3/t11-,14-/m0/s1. The zero-order valence-electron chi connectivity index (χ0n) is 10.0. The molecule has 1 fully saturated rings. The first-order chi connectivity index (χ1) is 7.58. The van der Waals surface area contributed by atoms with Crippen LogP contribution in [0.4, 0.5) is 0 Å². The molecule has 2 aliphatic rings. The Morgan fingerprint density at radius 1 is 1.44 bits per heavy atom. The van der Waals surface area contributed by atoms with Crippen LogP contribution < -0.4 is 0 Å². The van der Waals surface area contributed by atoms with Crippen molar-refractivity contribution in [3.05, 3.63) is 29.3 Å². The number of likely N-dealkylation sites (N-methyl/N-ethyl adjacent to an activating group) is 1. The van der Waals surface area contributed by atoms with E-state index in [1.165, 1.54) is 30.5 Å². The molecular formula is C14H19NO. The highest BCUT2D eigenvalue weighted by Gasteiger charge is 2.41. The van der Waals surface area contributed by atoms with Gasteiger partial charge in [0, 0.05) is 6.04 Å². The van der Waals surface area contributed by atoms with Gasteiger partial charge in [-0.3, -0.25) is 0 Å². The molecule has 0 aromatic heterocycles. The molecular weight excluding hydrogens is 198 g/mol. The lowest BCUT2D eigenvalue weighted by atomic mass is 9.65. The molecule has 0 amide bonds. The molecule has 1 aromatic carbocycles. The van der Waals surface area contributed by atoms with Crippen LogP contribution >= 0.6 is 0 Å². The summed E-state index contributed by atoms with van der Waals surface area (Å²) in [6, 6.07) is 6.60. The molecule has 2 heteroatoms. The Bertz CT molecular complexity index is 429. The fourth-order valence-electron chi connectivity index (χ4n) is 3.41. The van der Waals surface area contributed by atoms with Gasteiger partial charge in [0.2, 0.25) is 0 Å². The minimum atomic E-state index is 0.281. The van der Waals surface area contributed by atoms with E-state index in [0.29, 0.717) is 11.8 Å². The van der Waals surface area contributed by atoms with Crippen molar-refractivity contribution in [1.29, 1.82) is 0 Å². The SMILES string of the molecule is CN1CC[C@@]2(C)C[C@@H]1Cc1ccc(O)cc12. The van der Waals surface area contributed by atoms with Crippen LogP contribution in [0.1, 0.15) is 30.9 Å². The lowest BCUT2D eigenvalue weighted by molar-refractivity contribution is 0.113. The predicted octanol–water partition coefficient (Wildman–Crippen LogP) is 2.30. The van der Waals surface area contributed by atoms with Gasteiger partial charge in [0.05, 0.1) is 0 Å². The third-order valence-electron chi connectivity index (χ3n) is 4.53. The monoisotopic (exact) mass is 217 g/mol. The Kier molecular flexibility index (Phi) is 2.05. The van der Waals surface area contributed by atoms with Crippen LogP contribution in [-0.4, -0.2) is 29.6 Å². The van der Waals surface area contributed by atoms with Crippen LogP contribution in [0.5, 0.6) is 5.75 Å². The van der Waals surface area contributed by atoms with Crippen LogP contribution in [0.15, 0.2) is 18.2 Å². The van der Waals surface area contributed by atoms with Crippen LogP contribution in [-0.2, 0) is 11.8 Å². The van der Waals surface area contributed by atoms with Crippen molar-refractivity contribution in [2.45, 2.75) is 37.6 Å². The van der Waals surface area contributed by atoms with Gasteiger partial charge in [0.25, 0.3) is 0 Å². The van der Waals surface area contributed by atoms with Crippen molar-refractivity contribution in [2.24, 2.45) is 0 Å². The highest BCUT2D eigenvalue weighted by Crippen LogP contribution is 2.45. The number of phenolic OH excluding ortho intramolecular Hbond substituents is 1. The highest BCUT2D eigenvalue weighted by molar-refractivity contribution is 5.43. The Morgan fingerprint density at radius 3 is 3.06 bits per heavy atom. The van der Waals surface area contributed by atoms with E-state index in [1.54, 1.807) is 0 Å². The number of rotatable bonds is 0. The number of hydrogen-bond donors (Lipinski definition) is 1. The fourth-order valence-corrected chi connectivity index (χ4v) is 3.41. The van der Waals surface area contributed by atoms with Crippen molar-refractivity contribution in [3.63, 3.8) is 0 Å². The molecule has 1 aromatic rings. The second-order valence-corrected chi connectivity index (χ2v) is 5.69. The summed E-state index contributed by atoms with van der Waals surface area (Å²) in [7, 11) is 2.23. The maximum Gasteiger partial charge on any atom is 0.115 e. The van der Waals surface area contributed by atoms with E-state index in [-0.39, 0.29) is 5.41 Å². The summed E-state index contributed by atoms with van der Waals surface area (Å²) < 4.78 is 0. The maximum absolute atomic E-state index is 9.64. The quantitative estimate of drug-likeness (QED) is 0.721. The summed E-state index contributed by atoms with van der Waals surface area (Å²) >= 11 is 0. The highest BCUT2D eigenvalue weighted by atomic mass is 16.3. The minimum absolute atomic E-state index is 0.281. The number of benzene rings is 1. The maximum atomic E-state index is 9.64. The summed E-state index contributed by atoms with van der Waals surface area (Å²) in [6.45, 7) is 3.53. The molecule has 0 saturated carbocycles. The second-order valence-electron chi connectivity index (χ2n) is 5.69. The first kappa shape index (κ1) is 10.2. The fraction of sp³-hybridized carbons (Fsp3) is 0.571. The smallest absolute Gasteiger partial charge is 0.115 e. The Morgan fingerprint density at radius 2 is 2.25 bits per heavy atom. The molecule has 86 valence electrons. The summed E-state index contributed by atoms with van der Waals surface area (Å²) in [4.78, 5) is 2.48. The van der Waals surface area contributed by atoms with Crippen molar-refractivity contribution in [1.82, 2.24) is 4.90 Å². The van der Waals surface area contributed by atoms with Gasteiger partial charge >= 0.3 is 0 Å². The molecule has 1 aliphatic heterocycles. The van der Waals surface area contributed by atoms with E-state index in [1.807, 2.05) is 12.1 Å². The molecule has 3 rings (SSSR count). The van der Waals surface area contributed by atoms with Gasteiger partial charge in [-0.1, -0.05) is 13.0 Å². The summed E-state index contributed by atoms with van der Waals surface area (Å²) in [5.41, 5.74) is 3.10. The van der Waals surface area contributed by atoms with Crippen molar-refractivity contribution in [2.75, 3.05) is 13.6 Å². The normalized spacial score (nSPS) is 33.5. The lowest BCUT2D eigenvalue weighted by Gasteiger charge is -2.48. The van der Waals surface area contributed by atoms with Gasteiger partial charge in [0.1, 0.15) is 5.75 Å². The van der Waals surface area contributed by atoms with E-state index in [0.717, 1.165) is 6.42 Å². The molecule has 1 heterocycles. The Labute approximate surface area is 96.9 Å². The molecule has 2 nitrogen and oxygen atoms in total. The van der Waals surface area contributed by atoms with Crippen LogP contribution in [0.3, 0.4) is 0 Å². The number of aromatic hydroxyl groups is 1. The molecule has 16 heavy (non-hydrogen) atoms. The van der Waals surface area contributed by atoms with E-state index in [4.69, 9.17) is 0 Å². The first-order valence-corrected chi connectivity index (χ1v) is 6.11. The Hall–Kier alpha value is -1.02. The molecule has 2 atom stereocenters. The van der Waals surface area contributed by atoms with E-state index < -0.39 is 0 Å². The zero-order valence-corrected chi connectivity index (χ0v) is 10.0. The van der Waals surface area contributed by atoms with Crippen LogP contribution in [0.25, 0.3) is 0 Å². The largest absolute Gasteiger partial charge is 0.508 e. The van der Waals surface area contributed by atoms with Gasteiger partial charge in [-0.2, -0.15) is 0 Å². The number of likely N-dealkylation sites (tertiary alicyclic amines) is 1. The van der Waals surface area contributed by atoms with Crippen LogP contribution in [0.2, 0.25) is 0 Å². The van der Waals surface area contributed by atoms with E-state index in [2.05, 4.69) is 24.9 Å². The average Bonchev–Trinajstić information content (AvgIpc) is 2.26. The van der Waals surface area contributed by atoms with Gasteiger partial charge in [0.15, 0.2) is 0 Å². The Balaban J connectivity index is 2.11. The van der Waals surface area contributed by atoms with Crippen molar-refractivity contribution < 1.29 is 5.11 Å². The molecule has 0 radical (unpaired) electrons. The molecule has 0 unspecified atom stereocenters. The number of nitrogens with zero attached hydrogens (tertiary/aromatic N) is 1. The molecule has 0 spiro atoms. The number of phenols is 1. The van der Waals surface area contributed by atoms with Crippen LogP contribution in [0, 0.1) is 0 Å². The van der Waals surface area contributed by atoms with Gasteiger partial charge in [-0.25, -0.2) is 0 Å². The van der Waals surface area contributed by atoms with Gasteiger partial charge in [-0.15, -0.1) is 0 Å². The third-order valence-corrected chi connectivity index (χ3v) is 4.53. The third kappa shape index (κ3) is 1.36. The molecule has 1 aliphatic carbocycles. The molecule has 2 bridgehead atoms. The summed E-state index contributed by atoms with van der Waals surface area (Å²) in [5, 5.41) is 9.64. The first-order valence-electron chi connectivity index (χ1n) is 6.11. The van der Waals surface area contributed by atoms with Gasteiger partial charge < -0.3 is 10.0 Å². The van der Waals surface area contributed by atoms with E-state index >= 15 is 0 Å². The number of fused-ring (bicyclic) bond motifs is 4. The van der Waals surface area contributed by atoms with Gasteiger partial charge in [-0.05, 0) is 61.5 Å². The zero-order chi connectivity index (χ0) is 11.3. The predicted molar refractivity (Wildman–Crippen MR) is 64.8 cm³/mol. The lowest BCUT2D eigenvalue weighted by Crippen LogP contribution is -2.50. The van der Waals surface area contributed by atoms with Crippen molar-refractivity contribution >= 4 is 0 Å². The molecule has 1 saturated heterocycles. The summed E-state index contributed by atoms with van der Waals surface area (Å²) in [6.07, 6.45) is 3.58. The number of hydrogen-bond acceptors (Lipinski definition) is 2. The second kappa shape index (κ2) is 3.24. The van der Waals surface area contributed by atoms with E-state index in [9.17, 15) is 5.11 Å². The average molecular weight is 217 g/mol. The molecule has 1 N–H and O–H groups in total. The van der Waals surface area contributed by atoms with Crippen molar-refractivity contribution in [3.8, 4) is 5.75 Å². The topological polar surface area (TPSA) is 23.5 Å². The minimum Gasteiger partial charge on any atom is -0.508 e. The summed E-state index contributed by atoms with van der Waals surface area (Å²) in [5.74, 6) is 0.414.